The average Bonchev–Trinajstić information content (AvgIpc) is 3.49. The van der Waals surface area contributed by atoms with Crippen LogP contribution in [0.1, 0.15) is 58.2 Å². The fraction of sp³-hybridized carbons (Fsp3) is 0.351. The van der Waals surface area contributed by atoms with Gasteiger partial charge in [-0.1, -0.05) is 52.3 Å². The molecule has 1 amide bonds. The van der Waals surface area contributed by atoms with E-state index in [9.17, 15) is 4.79 Å². The van der Waals surface area contributed by atoms with E-state index in [2.05, 4.69) is 72.9 Å². The van der Waals surface area contributed by atoms with Crippen LogP contribution in [0.5, 0.6) is 5.75 Å². The van der Waals surface area contributed by atoms with Crippen LogP contribution < -0.4 is 10.1 Å². The Morgan fingerprint density at radius 2 is 1.73 bits per heavy atom. The van der Waals surface area contributed by atoms with Crippen molar-refractivity contribution >= 4 is 41.2 Å². The fourth-order valence-corrected chi connectivity index (χ4v) is 6.38. The van der Waals surface area contributed by atoms with Crippen LogP contribution in [0.4, 0.5) is 5.69 Å². The number of carbonyl (C=O) groups is 1. The van der Waals surface area contributed by atoms with Crippen molar-refractivity contribution < 1.29 is 14.3 Å². The SMILES string of the molecule is CCCCOCCOc1ccc(-c2ccc(SC(C)C)c(/C=C/C(=O)Nc3ccc(SCc4cncn4CCC)cc3)c2)cc1. The number of rotatable bonds is 18. The van der Waals surface area contributed by atoms with E-state index in [1.165, 1.54) is 5.69 Å². The Bertz CT molecular complexity index is 1500. The molecular weight excluding hydrogens is 599 g/mol. The predicted molar refractivity (Wildman–Crippen MR) is 190 cm³/mol. The molecule has 45 heavy (non-hydrogen) atoms. The molecule has 0 spiro atoms. The average molecular weight is 644 g/mol. The number of nitrogens with one attached hydrogen (secondary N) is 1. The van der Waals surface area contributed by atoms with E-state index < -0.39 is 0 Å². The summed E-state index contributed by atoms with van der Waals surface area (Å²) in [6.45, 7) is 11.6. The Labute approximate surface area is 277 Å². The van der Waals surface area contributed by atoms with Crippen molar-refractivity contribution in [1.82, 2.24) is 9.55 Å². The van der Waals surface area contributed by atoms with Crippen LogP contribution in [-0.4, -0.2) is 40.5 Å². The van der Waals surface area contributed by atoms with E-state index in [1.54, 1.807) is 29.6 Å². The summed E-state index contributed by atoms with van der Waals surface area (Å²) in [5, 5.41) is 3.42. The number of amides is 1. The number of anilines is 1. The van der Waals surface area contributed by atoms with Gasteiger partial charge in [-0.15, -0.1) is 23.5 Å². The number of thioether (sulfide) groups is 2. The molecule has 238 valence electrons. The maximum Gasteiger partial charge on any atom is 0.248 e. The van der Waals surface area contributed by atoms with Crippen LogP contribution in [0.3, 0.4) is 0 Å². The molecule has 8 heteroatoms. The minimum absolute atomic E-state index is 0.162. The summed E-state index contributed by atoms with van der Waals surface area (Å²) >= 11 is 3.55. The number of benzene rings is 3. The van der Waals surface area contributed by atoms with Crippen LogP contribution in [0, 0.1) is 0 Å². The third-order valence-corrected chi connectivity index (χ3v) is 9.03. The molecule has 0 aliphatic heterocycles. The summed E-state index contributed by atoms with van der Waals surface area (Å²) in [5.41, 5.74) is 5.18. The van der Waals surface area contributed by atoms with Gasteiger partial charge in [0.15, 0.2) is 0 Å². The molecule has 0 saturated carbocycles. The quantitative estimate of drug-likeness (QED) is 0.0662. The molecular formula is C37H45N3O3S2. The monoisotopic (exact) mass is 643 g/mol. The summed E-state index contributed by atoms with van der Waals surface area (Å²) in [6, 6.07) is 22.5. The van der Waals surface area contributed by atoms with Crippen molar-refractivity contribution in [3.05, 3.63) is 96.6 Å². The molecule has 0 radical (unpaired) electrons. The first-order valence-corrected chi connectivity index (χ1v) is 17.6. The third kappa shape index (κ3) is 11.4. The maximum atomic E-state index is 12.9. The maximum absolute atomic E-state index is 12.9. The first-order chi connectivity index (χ1) is 21.9. The van der Waals surface area contributed by atoms with Crippen LogP contribution >= 0.6 is 23.5 Å². The zero-order chi connectivity index (χ0) is 31.9. The lowest BCUT2D eigenvalue weighted by atomic mass is 10.0. The highest BCUT2D eigenvalue weighted by atomic mass is 32.2. The molecule has 0 saturated heterocycles. The number of aromatic nitrogens is 2. The normalized spacial score (nSPS) is 11.4. The number of aryl methyl sites for hydroxylation is 1. The molecule has 0 aliphatic carbocycles. The van der Waals surface area contributed by atoms with Gasteiger partial charge in [0.2, 0.25) is 5.91 Å². The minimum Gasteiger partial charge on any atom is -0.491 e. The molecule has 0 aliphatic rings. The van der Waals surface area contributed by atoms with Crippen LogP contribution in [0.15, 0.2) is 95.1 Å². The zero-order valence-corrected chi connectivity index (χ0v) is 28.5. The second kappa shape index (κ2) is 18.5. The largest absolute Gasteiger partial charge is 0.491 e. The Balaban J connectivity index is 1.35. The van der Waals surface area contributed by atoms with Crippen molar-refractivity contribution in [3.63, 3.8) is 0 Å². The highest BCUT2D eigenvalue weighted by Gasteiger charge is 2.09. The Kier molecular flexibility index (Phi) is 14.1. The lowest BCUT2D eigenvalue weighted by Gasteiger charge is -2.12. The number of nitrogens with zero attached hydrogens (tertiary/aromatic N) is 2. The van der Waals surface area contributed by atoms with E-state index in [0.29, 0.717) is 18.5 Å². The van der Waals surface area contributed by atoms with Crippen molar-refractivity contribution in [2.75, 3.05) is 25.1 Å². The first-order valence-electron chi connectivity index (χ1n) is 15.8. The topological polar surface area (TPSA) is 65.4 Å². The summed E-state index contributed by atoms with van der Waals surface area (Å²) < 4.78 is 13.6. The van der Waals surface area contributed by atoms with Gasteiger partial charge in [-0.05, 0) is 84.1 Å². The van der Waals surface area contributed by atoms with Crippen LogP contribution in [-0.2, 0) is 21.8 Å². The highest BCUT2D eigenvalue weighted by Crippen LogP contribution is 2.32. The second-order valence-corrected chi connectivity index (χ2v) is 13.6. The molecule has 1 aromatic heterocycles. The lowest BCUT2D eigenvalue weighted by molar-refractivity contribution is -0.111. The predicted octanol–water partition coefficient (Wildman–Crippen LogP) is 9.60. The highest BCUT2D eigenvalue weighted by molar-refractivity contribution is 8.00. The van der Waals surface area contributed by atoms with Crippen molar-refractivity contribution in [2.24, 2.45) is 0 Å². The molecule has 3 aromatic carbocycles. The fourth-order valence-electron chi connectivity index (χ4n) is 4.58. The third-order valence-electron chi connectivity index (χ3n) is 6.88. The van der Waals surface area contributed by atoms with E-state index in [0.717, 1.165) is 76.1 Å². The van der Waals surface area contributed by atoms with Crippen molar-refractivity contribution in [1.29, 1.82) is 0 Å². The zero-order valence-electron chi connectivity index (χ0n) is 26.8. The summed E-state index contributed by atoms with van der Waals surface area (Å²) in [5.74, 6) is 1.52. The Morgan fingerprint density at radius 1 is 0.956 bits per heavy atom. The molecule has 0 fully saturated rings. The Hall–Kier alpha value is -3.46. The number of unbranched alkanes of at least 4 members (excludes halogenated alkanes) is 1. The van der Waals surface area contributed by atoms with Crippen molar-refractivity contribution in [3.8, 4) is 16.9 Å². The van der Waals surface area contributed by atoms with Crippen LogP contribution in [0.25, 0.3) is 17.2 Å². The van der Waals surface area contributed by atoms with E-state index in [4.69, 9.17) is 9.47 Å². The van der Waals surface area contributed by atoms with Gasteiger partial charge in [0.25, 0.3) is 0 Å². The number of imidazole rings is 1. The molecule has 0 unspecified atom stereocenters. The van der Waals surface area contributed by atoms with E-state index >= 15 is 0 Å². The molecule has 0 bridgehead atoms. The summed E-state index contributed by atoms with van der Waals surface area (Å²) in [6.07, 6.45) is 10.6. The number of ether oxygens (including phenoxy) is 2. The molecule has 1 N–H and O–H groups in total. The first kappa shape index (κ1) is 34.4. The van der Waals surface area contributed by atoms with E-state index in [-0.39, 0.29) is 5.91 Å². The van der Waals surface area contributed by atoms with Gasteiger partial charge in [-0.3, -0.25) is 4.79 Å². The summed E-state index contributed by atoms with van der Waals surface area (Å²) in [4.78, 5) is 19.5. The number of hydrogen-bond acceptors (Lipinski definition) is 6. The van der Waals surface area contributed by atoms with Gasteiger partial charge in [-0.2, -0.15) is 0 Å². The minimum atomic E-state index is -0.162. The van der Waals surface area contributed by atoms with E-state index in [1.807, 2.05) is 55.0 Å². The number of hydrogen-bond donors (Lipinski definition) is 1. The number of carbonyl (C=O) groups excluding carboxylic acids is 1. The molecule has 1 heterocycles. The molecule has 4 rings (SSSR count). The van der Waals surface area contributed by atoms with Gasteiger partial charge >= 0.3 is 0 Å². The molecule has 0 atom stereocenters. The van der Waals surface area contributed by atoms with Crippen LogP contribution in [0.2, 0.25) is 0 Å². The van der Waals surface area contributed by atoms with Gasteiger partial charge in [0.05, 0.1) is 12.9 Å². The van der Waals surface area contributed by atoms with Gasteiger partial charge in [0.1, 0.15) is 12.4 Å². The van der Waals surface area contributed by atoms with Gasteiger partial charge in [-0.25, -0.2) is 4.98 Å². The molecule has 6 nitrogen and oxygen atoms in total. The standard InChI is InChI=1S/C37H45N3O3S2/c1-5-7-21-42-22-23-43-34-14-8-29(9-15-34)30-10-18-36(45-28(3)4)31(24-30)11-19-37(41)39-32-12-16-35(17-13-32)44-26-33-25-38-27-40(33)20-6-2/h8-19,24-25,27-28H,5-7,20-23,26H2,1-4H3,(H,39,41)/b19-11+. The second-order valence-electron chi connectivity index (χ2n) is 11.0. The smallest absolute Gasteiger partial charge is 0.248 e. The summed E-state index contributed by atoms with van der Waals surface area (Å²) in [7, 11) is 0. The molecule has 4 aromatic rings. The van der Waals surface area contributed by atoms with Crippen molar-refractivity contribution in [2.45, 2.75) is 74.3 Å². The van der Waals surface area contributed by atoms with Gasteiger partial charge < -0.3 is 19.4 Å². The Morgan fingerprint density at radius 3 is 2.47 bits per heavy atom. The van der Waals surface area contributed by atoms with Gasteiger partial charge in [0, 0.05) is 57.6 Å². The lowest BCUT2D eigenvalue weighted by Crippen LogP contribution is -2.07.